The number of rotatable bonds is 4. The van der Waals surface area contributed by atoms with Crippen molar-refractivity contribution in [2.75, 3.05) is 7.05 Å². The van der Waals surface area contributed by atoms with Gasteiger partial charge in [0.1, 0.15) is 0 Å². The van der Waals surface area contributed by atoms with E-state index in [9.17, 15) is 35.9 Å². The number of halogens is 6. The van der Waals surface area contributed by atoms with Gasteiger partial charge in [0.2, 0.25) is 5.88 Å². The van der Waals surface area contributed by atoms with Gasteiger partial charge in [0.25, 0.3) is 5.56 Å². The summed E-state index contributed by atoms with van der Waals surface area (Å²) < 4.78 is 86.1. The zero-order chi connectivity index (χ0) is 27.8. The molecule has 5 nitrogen and oxygen atoms in total. The van der Waals surface area contributed by atoms with Gasteiger partial charge >= 0.3 is 18.4 Å². The van der Waals surface area contributed by atoms with E-state index in [1.54, 1.807) is 54.6 Å². The molecule has 4 aromatic rings. The summed E-state index contributed by atoms with van der Waals surface area (Å²) in [7, 11) is 2.56. The van der Waals surface area contributed by atoms with Crippen LogP contribution in [-0.2, 0) is 25.9 Å². The van der Waals surface area contributed by atoms with E-state index in [0.29, 0.717) is 34.0 Å². The molecule has 0 unspecified atom stereocenters. The zero-order valence-electron chi connectivity index (χ0n) is 20.0. The Morgan fingerprint density at radius 1 is 0.842 bits per heavy atom. The molecule has 38 heavy (non-hydrogen) atoms. The lowest BCUT2D eigenvalue weighted by Gasteiger charge is -2.22. The number of benzene rings is 3. The predicted molar refractivity (Wildman–Crippen MR) is 129 cm³/mol. The Kier molecular flexibility index (Phi) is 6.96. The number of carbonyl (C=O) groups is 1. The van der Waals surface area contributed by atoms with Gasteiger partial charge < -0.3 is 9.64 Å². The molecule has 0 bridgehead atoms. The lowest BCUT2D eigenvalue weighted by molar-refractivity contribution is -0.143. The number of nitrogens with zero attached hydrogens (tertiary/aromatic N) is 2. The Balaban J connectivity index is 1.73. The summed E-state index contributed by atoms with van der Waals surface area (Å²) >= 11 is 0. The van der Waals surface area contributed by atoms with Crippen LogP contribution >= 0.6 is 0 Å². The molecule has 0 N–H and O–H groups in total. The van der Waals surface area contributed by atoms with E-state index in [4.69, 9.17) is 4.74 Å². The molecule has 0 aliphatic heterocycles. The van der Waals surface area contributed by atoms with Crippen molar-refractivity contribution in [3.05, 3.63) is 99.8 Å². The van der Waals surface area contributed by atoms with Crippen LogP contribution in [0.1, 0.15) is 16.7 Å². The summed E-state index contributed by atoms with van der Waals surface area (Å²) in [4.78, 5) is 26.8. The number of pyridine rings is 1. The predicted octanol–water partition coefficient (Wildman–Crippen LogP) is 6.87. The highest BCUT2D eigenvalue weighted by atomic mass is 19.4. The standard InChI is InChI=1S/C27H20F6N2O3/c1-34(15-16-12-18(26(28,29)30)14-19(13-16)27(31,32)33)25(37)38-24-22(17-8-4-3-5-9-17)20-10-6-7-11-21(20)23(36)35(24)2/h3-14H,15H2,1-2H3. The summed E-state index contributed by atoms with van der Waals surface area (Å²) in [6.07, 6.45) is -11.1. The number of hydrogen-bond acceptors (Lipinski definition) is 3. The van der Waals surface area contributed by atoms with Gasteiger partial charge in [-0.15, -0.1) is 0 Å². The van der Waals surface area contributed by atoms with Gasteiger partial charge in [0, 0.05) is 31.4 Å². The first-order valence-electron chi connectivity index (χ1n) is 11.2. The normalized spacial score (nSPS) is 12.0. The first-order valence-corrected chi connectivity index (χ1v) is 11.2. The monoisotopic (exact) mass is 534 g/mol. The Morgan fingerprint density at radius 3 is 1.92 bits per heavy atom. The fraction of sp³-hybridized carbons (Fsp3) is 0.185. The van der Waals surface area contributed by atoms with Crippen molar-refractivity contribution in [1.82, 2.24) is 9.47 Å². The molecule has 4 rings (SSSR count). The Morgan fingerprint density at radius 2 is 1.37 bits per heavy atom. The van der Waals surface area contributed by atoms with Crippen molar-refractivity contribution in [1.29, 1.82) is 0 Å². The van der Waals surface area contributed by atoms with Crippen LogP contribution in [0.4, 0.5) is 31.1 Å². The quantitative estimate of drug-likeness (QED) is 0.269. The van der Waals surface area contributed by atoms with Gasteiger partial charge in [-0.1, -0.05) is 48.5 Å². The van der Waals surface area contributed by atoms with Gasteiger partial charge in [-0.2, -0.15) is 26.3 Å². The number of carbonyl (C=O) groups excluding carboxylic acids is 1. The smallest absolute Gasteiger partial charge is 0.392 e. The highest BCUT2D eigenvalue weighted by Gasteiger charge is 2.37. The van der Waals surface area contributed by atoms with E-state index in [2.05, 4.69) is 0 Å². The molecule has 0 spiro atoms. The van der Waals surface area contributed by atoms with Crippen molar-refractivity contribution in [3.8, 4) is 17.0 Å². The van der Waals surface area contributed by atoms with Gasteiger partial charge in [-0.3, -0.25) is 9.36 Å². The van der Waals surface area contributed by atoms with Crippen molar-refractivity contribution in [2.45, 2.75) is 18.9 Å². The molecular formula is C27H20F6N2O3. The zero-order valence-corrected chi connectivity index (χ0v) is 20.0. The third kappa shape index (κ3) is 5.36. The Bertz CT molecular complexity index is 1530. The maximum atomic E-state index is 13.2. The molecule has 0 saturated carbocycles. The molecule has 0 fully saturated rings. The van der Waals surface area contributed by atoms with Crippen molar-refractivity contribution in [2.24, 2.45) is 7.05 Å². The minimum atomic E-state index is -5.02. The Hall–Kier alpha value is -4.28. The highest BCUT2D eigenvalue weighted by Crippen LogP contribution is 2.37. The van der Waals surface area contributed by atoms with E-state index in [-0.39, 0.29) is 11.9 Å². The van der Waals surface area contributed by atoms with Crippen LogP contribution in [0.25, 0.3) is 21.9 Å². The summed E-state index contributed by atoms with van der Waals surface area (Å²) in [5, 5.41) is 0.866. The average Bonchev–Trinajstić information content (AvgIpc) is 2.86. The summed E-state index contributed by atoms with van der Waals surface area (Å²) in [5.74, 6) is -0.128. The van der Waals surface area contributed by atoms with E-state index in [0.717, 1.165) is 16.5 Å². The van der Waals surface area contributed by atoms with Crippen LogP contribution in [0, 0.1) is 0 Å². The van der Waals surface area contributed by atoms with Gasteiger partial charge in [0.15, 0.2) is 0 Å². The van der Waals surface area contributed by atoms with Gasteiger partial charge in [-0.05, 0) is 35.4 Å². The lowest BCUT2D eigenvalue weighted by atomic mass is 10.00. The SMILES string of the molecule is CN(Cc1cc(C(F)(F)F)cc(C(F)(F)F)c1)C(=O)Oc1c(-c2ccccc2)c2ccccc2c(=O)n1C. The largest absolute Gasteiger partial charge is 0.416 e. The van der Waals surface area contributed by atoms with Crippen LogP contribution in [-0.4, -0.2) is 22.6 Å². The minimum absolute atomic E-state index is 0.0127. The third-order valence-electron chi connectivity index (χ3n) is 5.88. The second kappa shape index (κ2) is 9.88. The third-order valence-corrected chi connectivity index (χ3v) is 5.88. The molecule has 11 heteroatoms. The van der Waals surface area contributed by atoms with Crippen LogP contribution in [0.2, 0.25) is 0 Å². The lowest BCUT2D eigenvalue weighted by Crippen LogP contribution is -2.32. The van der Waals surface area contributed by atoms with E-state index < -0.39 is 47.2 Å². The molecule has 0 atom stereocenters. The molecule has 0 aliphatic rings. The van der Waals surface area contributed by atoms with E-state index in [1.165, 1.54) is 7.05 Å². The fourth-order valence-electron chi connectivity index (χ4n) is 4.06. The number of ether oxygens (including phenoxy) is 1. The first-order chi connectivity index (χ1) is 17.8. The van der Waals surface area contributed by atoms with E-state index >= 15 is 0 Å². The summed E-state index contributed by atoms with van der Waals surface area (Å²) in [5.41, 5.74) is -2.80. The molecule has 1 heterocycles. The number of aromatic nitrogens is 1. The second-order valence-electron chi connectivity index (χ2n) is 8.59. The molecular weight excluding hydrogens is 514 g/mol. The molecule has 198 valence electrons. The van der Waals surface area contributed by atoms with Crippen LogP contribution in [0.15, 0.2) is 77.6 Å². The number of hydrogen-bond donors (Lipinski definition) is 0. The number of amides is 1. The second-order valence-corrected chi connectivity index (χ2v) is 8.59. The van der Waals surface area contributed by atoms with Crippen molar-refractivity contribution >= 4 is 16.9 Å². The molecule has 1 amide bonds. The maximum absolute atomic E-state index is 13.2. The molecule has 0 saturated heterocycles. The van der Waals surface area contributed by atoms with E-state index in [1.807, 2.05) is 0 Å². The summed E-state index contributed by atoms with van der Waals surface area (Å²) in [6.45, 7) is -0.617. The molecule has 3 aromatic carbocycles. The van der Waals surface area contributed by atoms with Crippen LogP contribution in [0.5, 0.6) is 5.88 Å². The van der Waals surface area contributed by atoms with Gasteiger partial charge in [0.05, 0.1) is 16.7 Å². The van der Waals surface area contributed by atoms with Crippen LogP contribution in [0.3, 0.4) is 0 Å². The number of fused-ring (bicyclic) bond motifs is 1. The fourth-order valence-corrected chi connectivity index (χ4v) is 4.06. The molecule has 1 aromatic heterocycles. The number of alkyl halides is 6. The summed E-state index contributed by atoms with van der Waals surface area (Å²) in [6, 6.07) is 16.5. The Labute approximate surface area is 212 Å². The minimum Gasteiger partial charge on any atom is -0.392 e. The highest BCUT2D eigenvalue weighted by molar-refractivity contribution is 5.99. The van der Waals surface area contributed by atoms with Crippen LogP contribution < -0.4 is 10.3 Å². The molecule has 0 radical (unpaired) electrons. The van der Waals surface area contributed by atoms with Gasteiger partial charge in [-0.25, -0.2) is 4.79 Å². The topological polar surface area (TPSA) is 51.5 Å². The molecule has 0 aliphatic carbocycles. The maximum Gasteiger partial charge on any atom is 0.416 e. The van der Waals surface area contributed by atoms with Crippen molar-refractivity contribution < 1.29 is 35.9 Å². The first kappa shape index (κ1) is 26.8. The average molecular weight is 534 g/mol. The van der Waals surface area contributed by atoms with Crippen molar-refractivity contribution in [3.63, 3.8) is 0 Å².